The Morgan fingerprint density at radius 3 is 2.07 bits per heavy atom. The third kappa shape index (κ3) is 8.82. The fourth-order valence-corrected chi connectivity index (χ4v) is 5.20. The molecule has 0 radical (unpaired) electrons. The summed E-state index contributed by atoms with van der Waals surface area (Å²) >= 11 is 1.32. The monoisotopic (exact) mass is 641 g/mol. The van der Waals surface area contributed by atoms with Crippen molar-refractivity contribution in [1.82, 2.24) is 5.32 Å². The molecular formula is C35H35N3O7S. The van der Waals surface area contributed by atoms with E-state index in [0.717, 1.165) is 4.90 Å². The Morgan fingerprint density at radius 2 is 1.39 bits per heavy atom. The van der Waals surface area contributed by atoms with E-state index < -0.39 is 17.1 Å². The van der Waals surface area contributed by atoms with Crippen molar-refractivity contribution in [3.05, 3.63) is 108 Å². The summed E-state index contributed by atoms with van der Waals surface area (Å²) in [6.07, 6.45) is 1.53. The minimum absolute atomic E-state index is 0.00318. The van der Waals surface area contributed by atoms with E-state index in [-0.39, 0.29) is 11.6 Å². The molecule has 3 amide bonds. The van der Waals surface area contributed by atoms with Crippen LogP contribution in [0.5, 0.6) is 23.0 Å². The Balaban J connectivity index is 1.52. The number of carbonyl (C=O) groups excluding carboxylic acids is 3. The molecule has 238 valence electrons. The summed E-state index contributed by atoms with van der Waals surface area (Å²) in [7, 11) is 6.12. The number of methoxy groups -OCH3 is 4. The van der Waals surface area contributed by atoms with Crippen LogP contribution in [-0.4, -0.2) is 51.4 Å². The van der Waals surface area contributed by atoms with Gasteiger partial charge in [0, 0.05) is 33.8 Å². The maximum atomic E-state index is 13.6. The van der Waals surface area contributed by atoms with Crippen LogP contribution in [0, 0.1) is 0 Å². The van der Waals surface area contributed by atoms with Crippen LogP contribution in [0.15, 0.2) is 102 Å². The van der Waals surface area contributed by atoms with Crippen molar-refractivity contribution in [2.75, 3.05) is 39.1 Å². The Morgan fingerprint density at radius 1 is 0.717 bits per heavy atom. The first-order valence-electron chi connectivity index (χ1n) is 14.2. The van der Waals surface area contributed by atoms with E-state index in [1.54, 1.807) is 106 Å². The van der Waals surface area contributed by atoms with E-state index in [1.807, 2.05) is 6.07 Å². The number of hydrogen-bond acceptors (Lipinski definition) is 8. The molecule has 3 N–H and O–H groups in total. The summed E-state index contributed by atoms with van der Waals surface area (Å²) in [6.45, 7) is 1.78. The van der Waals surface area contributed by atoms with E-state index in [2.05, 4.69) is 16.0 Å². The predicted octanol–water partition coefficient (Wildman–Crippen LogP) is 6.25. The number of thioether (sulfide) groups is 1. The van der Waals surface area contributed by atoms with Gasteiger partial charge in [-0.15, -0.1) is 11.8 Å². The average Bonchev–Trinajstić information content (AvgIpc) is 3.08. The molecule has 0 saturated carbocycles. The maximum Gasteiger partial charge on any atom is 0.272 e. The summed E-state index contributed by atoms with van der Waals surface area (Å²) in [5.41, 5.74) is 1.94. The SMILES string of the molecule is COc1ccc(/C=C(/NC(=O)c2ccccc2)C(=O)Nc2cccc(SC(C)C(=O)Nc3ccc(OC)cc3OC)c2)c(OC)c1. The van der Waals surface area contributed by atoms with Crippen LogP contribution in [0.2, 0.25) is 0 Å². The summed E-state index contributed by atoms with van der Waals surface area (Å²) < 4.78 is 21.4. The second-order valence-electron chi connectivity index (χ2n) is 9.78. The number of ether oxygens (including phenoxy) is 4. The van der Waals surface area contributed by atoms with Crippen molar-refractivity contribution in [1.29, 1.82) is 0 Å². The van der Waals surface area contributed by atoms with Gasteiger partial charge in [0.1, 0.15) is 28.7 Å². The van der Waals surface area contributed by atoms with Crippen LogP contribution in [0.4, 0.5) is 11.4 Å². The Kier molecular flexibility index (Phi) is 11.7. The molecule has 1 atom stereocenters. The van der Waals surface area contributed by atoms with Crippen LogP contribution in [-0.2, 0) is 9.59 Å². The molecule has 0 aromatic heterocycles. The molecule has 0 fully saturated rings. The van der Waals surface area contributed by atoms with E-state index in [4.69, 9.17) is 18.9 Å². The van der Waals surface area contributed by atoms with E-state index in [1.165, 1.54) is 32.1 Å². The first-order valence-corrected chi connectivity index (χ1v) is 15.0. The number of anilines is 2. The smallest absolute Gasteiger partial charge is 0.272 e. The van der Waals surface area contributed by atoms with Gasteiger partial charge in [-0.25, -0.2) is 0 Å². The number of nitrogens with one attached hydrogen (secondary N) is 3. The van der Waals surface area contributed by atoms with Gasteiger partial charge >= 0.3 is 0 Å². The quantitative estimate of drug-likeness (QED) is 0.116. The summed E-state index contributed by atoms with van der Waals surface area (Å²) in [5, 5.41) is 7.99. The maximum absolute atomic E-state index is 13.6. The third-order valence-electron chi connectivity index (χ3n) is 6.71. The van der Waals surface area contributed by atoms with Gasteiger partial charge in [0.05, 0.1) is 39.4 Å². The zero-order valence-electron chi connectivity index (χ0n) is 26.1. The Hall–Kier alpha value is -5.42. The molecule has 46 heavy (non-hydrogen) atoms. The van der Waals surface area contributed by atoms with Crippen LogP contribution in [0.3, 0.4) is 0 Å². The molecule has 0 spiro atoms. The number of rotatable bonds is 13. The highest BCUT2D eigenvalue weighted by molar-refractivity contribution is 8.00. The average molecular weight is 642 g/mol. The number of hydrogen-bond donors (Lipinski definition) is 3. The van der Waals surface area contributed by atoms with Gasteiger partial charge in [-0.1, -0.05) is 24.3 Å². The molecular weight excluding hydrogens is 606 g/mol. The lowest BCUT2D eigenvalue weighted by molar-refractivity contribution is -0.115. The second-order valence-corrected chi connectivity index (χ2v) is 11.2. The van der Waals surface area contributed by atoms with E-state index in [9.17, 15) is 14.4 Å². The molecule has 0 bridgehead atoms. The standard InChI is InChI=1S/C35H35N3O7S/c1-22(33(39)37-29-17-16-27(43-3)21-32(29)45-5)46-28-13-9-12-25(19-28)36-35(41)30(38-34(40)23-10-7-6-8-11-23)18-24-14-15-26(42-2)20-31(24)44-4/h6-22H,1-5H3,(H,36,41)(H,37,39)(H,38,40)/b30-18+. The topological polar surface area (TPSA) is 124 Å². The van der Waals surface area contributed by atoms with Crippen molar-refractivity contribution in [3.63, 3.8) is 0 Å². The van der Waals surface area contributed by atoms with Gasteiger partial charge in [-0.2, -0.15) is 0 Å². The van der Waals surface area contributed by atoms with Crippen molar-refractivity contribution < 1.29 is 33.3 Å². The first-order chi connectivity index (χ1) is 22.2. The van der Waals surface area contributed by atoms with E-state index >= 15 is 0 Å². The van der Waals surface area contributed by atoms with Gasteiger partial charge < -0.3 is 34.9 Å². The highest BCUT2D eigenvalue weighted by Gasteiger charge is 2.19. The molecule has 4 rings (SSSR count). The Bertz CT molecular complexity index is 1730. The van der Waals surface area contributed by atoms with Crippen molar-refractivity contribution in [2.45, 2.75) is 17.1 Å². The summed E-state index contributed by atoms with van der Waals surface area (Å²) in [6, 6.07) is 26.0. The Labute approximate surface area is 272 Å². The van der Waals surface area contributed by atoms with Gasteiger partial charge in [0.25, 0.3) is 11.8 Å². The molecule has 1 unspecified atom stereocenters. The zero-order chi connectivity index (χ0) is 33.1. The molecule has 4 aromatic rings. The summed E-state index contributed by atoms with van der Waals surface area (Å²) in [4.78, 5) is 40.4. The molecule has 0 aliphatic rings. The second kappa shape index (κ2) is 16.1. The summed E-state index contributed by atoms with van der Waals surface area (Å²) in [5.74, 6) is 0.881. The minimum atomic E-state index is -0.554. The van der Waals surface area contributed by atoms with E-state index in [0.29, 0.717) is 45.5 Å². The lowest BCUT2D eigenvalue weighted by atomic mass is 10.1. The van der Waals surface area contributed by atoms with Gasteiger partial charge in [-0.3, -0.25) is 14.4 Å². The highest BCUT2D eigenvalue weighted by Crippen LogP contribution is 2.32. The molecule has 0 heterocycles. The van der Waals surface area contributed by atoms with Gasteiger partial charge in [0.2, 0.25) is 5.91 Å². The van der Waals surface area contributed by atoms with Crippen molar-refractivity contribution in [2.24, 2.45) is 0 Å². The van der Waals surface area contributed by atoms with Crippen LogP contribution < -0.4 is 34.9 Å². The molecule has 11 heteroatoms. The predicted molar refractivity (Wildman–Crippen MR) is 180 cm³/mol. The van der Waals surface area contributed by atoms with Crippen LogP contribution >= 0.6 is 11.8 Å². The fourth-order valence-electron chi connectivity index (χ4n) is 4.27. The van der Waals surface area contributed by atoms with Crippen molar-refractivity contribution >= 4 is 46.9 Å². The molecule has 10 nitrogen and oxygen atoms in total. The van der Waals surface area contributed by atoms with Gasteiger partial charge in [0.15, 0.2) is 0 Å². The fraction of sp³-hybridized carbons (Fsp3) is 0.171. The molecule has 0 aliphatic carbocycles. The molecule has 4 aromatic carbocycles. The molecule has 0 aliphatic heterocycles. The minimum Gasteiger partial charge on any atom is -0.497 e. The van der Waals surface area contributed by atoms with Crippen molar-refractivity contribution in [3.8, 4) is 23.0 Å². The highest BCUT2D eigenvalue weighted by atomic mass is 32.2. The number of benzene rings is 4. The lowest BCUT2D eigenvalue weighted by Crippen LogP contribution is -2.30. The number of carbonyl (C=O) groups is 3. The van der Waals surface area contributed by atoms with Gasteiger partial charge in [-0.05, 0) is 67.6 Å². The van der Waals surface area contributed by atoms with Crippen LogP contribution in [0.25, 0.3) is 6.08 Å². The first kappa shape index (κ1) is 33.5. The largest absolute Gasteiger partial charge is 0.497 e. The lowest BCUT2D eigenvalue weighted by Gasteiger charge is -2.16. The zero-order valence-corrected chi connectivity index (χ0v) is 26.9. The van der Waals surface area contributed by atoms with Crippen LogP contribution in [0.1, 0.15) is 22.8 Å². The normalized spacial score (nSPS) is 11.5. The third-order valence-corrected chi connectivity index (χ3v) is 7.80. The molecule has 0 saturated heterocycles. The number of amides is 3.